The van der Waals surface area contributed by atoms with Gasteiger partial charge >= 0.3 is 0 Å². The Balaban J connectivity index is 2.44. The topological polar surface area (TPSA) is 29.3 Å². The van der Waals surface area contributed by atoms with E-state index in [1.807, 2.05) is 0 Å². The summed E-state index contributed by atoms with van der Waals surface area (Å²) in [4.78, 5) is 2.48. The van der Waals surface area contributed by atoms with E-state index in [1.54, 1.807) is 0 Å². The third-order valence-corrected chi connectivity index (χ3v) is 3.65. The lowest BCUT2D eigenvalue weighted by molar-refractivity contribution is 0.247. The van der Waals surface area contributed by atoms with Gasteiger partial charge in [-0.1, -0.05) is 48.8 Å². The molecule has 2 nitrogen and oxygen atoms in total. The Morgan fingerprint density at radius 2 is 1.83 bits per heavy atom. The minimum absolute atomic E-state index is 0.138. The van der Waals surface area contributed by atoms with Crippen molar-refractivity contribution >= 4 is 15.9 Å². The third kappa shape index (κ3) is 5.51. The largest absolute Gasteiger partial charge is 0.324 e. The van der Waals surface area contributed by atoms with Crippen molar-refractivity contribution in [2.75, 3.05) is 19.6 Å². The Hall–Kier alpha value is -0.380. The van der Waals surface area contributed by atoms with Gasteiger partial charge in [0, 0.05) is 17.1 Å². The minimum Gasteiger partial charge on any atom is -0.324 e. The summed E-state index contributed by atoms with van der Waals surface area (Å²) >= 11 is 3.45. The number of rotatable bonds is 7. The fraction of sp³-hybridized carbons (Fsp3) is 0.600. The highest BCUT2D eigenvalue weighted by Crippen LogP contribution is 2.18. The van der Waals surface area contributed by atoms with E-state index < -0.39 is 0 Å². The van der Waals surface area contributed by atoms with Crippen LogP contribution >= 0.6 is 15.9 Å². The van der Waals surface area contributed by atoms with Gasteiger partial charge in [0.25, 0.3) is 0 Å². The molecule has 0 radical (unpaired) electrons. The van der Waals surface area contributed by atoms with Gasteiger partial charge in [0.15, 0.2) is 0 Å². The summed E-state index contributed by atoms with van der Waals surface area (Å²) in [7, 11) is 0. The molecule has 0 aromatic heterocycles. The molecule has 0 spiro atoms. The molecule has 0 bridgehead atoms. The van der Waals surface area contributed by atoms with E-state index >= 15 is 0 Å². The van der Waals surface area contributed by atoms with Crippen LogP contribution in [0.4, 0.5) is 0 Å². The maximum atomic E-state index is 6.24. The van der Waals surface area contributed by atoms with Gasteiger partial charge in [-0.15, -0.1) is 0 Å². The van der Waals surface area contributed by atoms with Crippen LogP contribution in [0.2, 0.25) is 0 Å². The monoisotopic (exact) mass is 312 g/mol. The van der Waals surface area contributed by atoms with Crippen LogP contribution in [0.5, 0.6) is 0 Å². The molecule has 18 heavy (non-hydrogen) atoms. The second kappa shape index (κ2) is 7.93. The lowest BCUT2D eigenvalue weighted by atomic mass is 10.0. The fourth-order valence-electron chi connectivity index (χ4n) is 2.09. The van der Waals surface area contributed by atoms with Crippen LogP contribution in [0.1, 0.15) is 38.8 Å². The lowest BCUT2D eigenvalue weighted by Gasteiger charge is -2.24. The molecule has 0 aliphatic rings. The molecule has 0 saturated carbocycles. The molecule has 0 aliphatic carbocycles. The predicted molar refractivity (Wildman–Crippen MR) is 82.6 cm³/mol. The highest BCUT2D eigenvalue weighted by Gasteiger charge is 2.10. The first-order valence-electron chi connectivity index (χ1n) is 6.76. The summed E-state index contributed by atoms with van der Waals surface area (Å²) in [6, 6.07) is 8.46. The molecule has 0 amide bonds. The second-order valence-corrected chi connectivity index (χ2v) is 6.15. The molecule has 1 aromatic rings. The molecule has 1 aromatic carbocycles. The molecular weight excluding hydrogens is 288 g/mol. The van der Waals surface area contributed by atoms with Gasteiger partial charge in [0.05, 0.1) is 0 Å². The SMILES string of the molecule is CCN(CCC(N)c1ccc(Br)cc1)CC(C)C. The van der Waals surface area contributed by atoms with E-state index in [0.717, 1.165) is 30.5 Å². The summed E-state index contributed by atoms with van der Waals surface area (Å²) in [5, 5.41) is 0. The maximum Gasteiger partial charge on any atom is 0.0307 e. The fourth-order valence-corrected chi connectivity index (χ4v) is 2.36. The van der Waals surface area contributed by atoms with Crippen molar-refractivity contribution in [1.29, 1.82) is 0 Å². The van der Waals surface area contributed by atoms with E-state index in [0.29, 0.717) is 5.92 Å². The van der Waals surface area contributed by atoms with E-state index in [-0.39, 0.29) is 6.04 Å². The van der Waals surface area contributed by atoms with Gasteiger partial charge in [0.1, 0.15) is 0 Å². The molecular formula is C15H25BrN2. The van der Waals surface area contributed by atoms with Crippen molar-refractivity contribution in [3.63, 3.8) is 0 Å². The first-order chi connectivity index (χ1) is 8.52. The van der Waals surface area contributed by atoms with Crippen molar-refractivity contribution in [3.8, 4) is 0 Å². The van der Waals surface area contributed by atoms with E-state index in [9.17, 15) is 0 Å². The van der Waals surface area contributed by atoms with E-state index in [2.05, 4.69) is 65.9 Å². The molecule has 102 valence electrons. The third-order valence-electron chi connectivity index (χ3n) is 3.13. The average Bonchev–Trinajstić information content (AvgIpc) is 2.34. The van der Waals surface area contributed by atoms with Crippen LogP contribution in [-0.2, 0) is 0 Å². The van der Waals surface area contributed by atoms with Crippen LogP contribution in [0.25, 0.3) is 0 Å². The Labute approximate surface area is 120 Å². The first-order valence-corrected chi connectivity index (χ1v) is 7.55. The summed E-state index contributed by atoms with van der Waals surface area (Å²) in [6.07, 6.45) is 1.02. The van der Waals surface area contributed by atoms with Gasteiger partial charge in [-0.3, -0.25) is 0 Å². The molecule has 2 N–H and O–H groups in total. The molecule has 0 saturated heterocycles. The molecule has 3 heteroatoms. The number of halogens is 1. The van der Waals surface area contributed by atoms with E-state index in [4.69, 9.17) is 5.73 Å². The van der Waals surface area contributed by atoms with Crippen LogP contribution in [0.15, 0.2) is 28.7 Å². The van der Waals surface area contributed by atoms with Gasteiger partial charge in [-0.25, -0.2) is 0 Å². The highest BCUT2D eigenvalue weighted by atomic mass is 79.9. The van der Waals surface area contributed by atoms with Crippen molar-refractivity contribution in [2.45, 2.75) is 33.2 Å². The van der Waals surface area contributed by atoms with Crippen LogP contribution in [-0.4, -0.2) is 24.5 Å². The molecule has 1 unspecified atom stereocenters. The van der Waals surface area contributed by atoms with Crippen molar-refractivity contribution in [1.82, 2.24) is 4.90 Å². The van der Waals surface area contributed by atoms with Crippen LogP contribution in [0.3, 0.4) is 0 Å². The number of nitrogens with two attached hydrogens (primary N) is 1. The van der Waals surface area contributed by atoms with Gasteiger partial charge < -0.3 is 10.6 Å². The summed E-state index contributed by atoms with van der Waals surface area (Å²) in [5.41, 5.74) is 7.46. The van der Waals surface area contributed by atoms with Crippen molar-refractivity contribution in [2.24, 2.45) is 11.7 Å². The quantitative estimate of drug-likeness (QED) is 0.829. The van der Waals surface area contributed by atoms with Gasteiger partial charge in [-0.05, 0) is 43.1 Å². The normalized spacial score (nSPS) is 13.3. The Morgan fingerprint density at radius 1 is 1.22 bits per heavy atom. The van der Waals surface area contributed by atoms with Gasteiger partial charge in [0.2, 0.25) is 0 Å². The lowest BCUT2D eigenvalue weighted by Crippen LogP contribution is -2.30. The Bertz CT molecular complexity index is 335. The smallest absolute Gasteiger partial charge is 0.0307 e. The zero-order valence-electron chi connectivity index (χ0n) is 11.7. The summed E-state index contributed by atoms with van der Waals surface area (Å²) in [6.45, 7) is 10.1. The standard InChI is InChI=1S/C15H25BrN2/c1-4-18(11-12(2)3)10-9-15(17)13-5-7-14(16)8-6-13/h5-8,12,15H,4,9-11,17H2,1-3H3. The summed E-state index contributed by atoms with van der Waals surface area (Å²) in [5.74, 6) is 0.717. The van der Waals surface area contributed by atoms with Crippen molar-refractivity contribution in [3.05, 3.63) is 34.3 Å². The number of nitrogens with zero attached hydrogens (tertiary/aromatic N) is 1. The maximum absolute atomic E-state index is 6.24. The van der Waals surface area contributed by atoms with Crippen molar-refractivity contribution < 1.29 is 0 Å². The Morgan fingerprint density at radius 3 is 2.33 bits per heavy atom. The first kappa shape index (κ1) is 15.7. The molecule has 0 fully saturated rings. The summed E-state index contributed by atoms with van der Waals surface area (Å²) < 4.78 is 1.11. The number of benzene rings is 1. The zero-order chi connectivity index (χ0) is 13.5. The van der Waals surface area contributed by atoms with Crippen LogP contribution < -0.4 is 5.73 Å². The molecule has 1 rings (SSSR count). The minimum atomic E-state index is 0.138. The number of hydrogen-bond donors (Lipinski definition) is 1. The highest BCUT2D eigenvalue weighted by molar-refractivity contribution is 9.10. The predicted octanol–water partition coefficient (Wildman–Crippen LogP) is 3.82. The second-order valence-electron chi connectivity index (χ2n) is 5.23. The average molecular weight is 313 g/mol. The molecule has 0 aliphatic heterocycles. The van der Waals surface area contributed by atoms with Crippen LogP contribution in [0, 0.1) is 5.92 Å². The van der Waals surface area contributed by atoms with E-state index in [1.165, 1.54) is 5.56 Å². The number of hydrogen-bond acceptors (Lipinski definition) is 2. The molecule has 1 atom stereocenters. The molecule has 0 heterocycles. The Kier molecular flexibility index (Phi) is 6.90. The van der Waals surface area contributed by atoms with Gasteiger partial charge in [-0.2, -0.15) is 0 Å². The zero-order valence-corrected chi connectivity index (χ0v) is 13.3.